The lowest BCUT2D eigenvalue weighted by Gasteiger charge is -2.13. The monoisotopic (exact) mass is 304 g/mol. The van der Waals surface area contributed by atoms with Gasteiger partial charge in [-0.2, -0.15) is 0 Å². The first kappa shape index (κ1) is 16.4. The first-order valence-electron chi connectivity index (χ1n) is 5.84. The van der Waals surface area contributed by atoms with E-state index in [4.69, 9.17) is 5.73 Å². The second kappa shape index (κ2) is 6.67. The summed E-state index contributed by atoms with van der Waals surface area (Å²) in [5, 5.41) is 1.15. The fourth-order valence-electron chi connectivity index (χ4n) is 1.40. The van der Waals surface area contributed by atoms with Gasteiger partial charge in [0.05, 0.1) is 18.0 Å². The zero-order chi connectivity index (χ0) is 15.3. The molecule has 1 unspecified atom stereocenters. The van der Waals surface area contributed by atoms with Gasteiger partial charge in [-0.05, 0) is 25.1 Å². The number of hydrogen-bond donors (Lipinski definition) is 2. The molecule has 1 amide bonds. The summed E-state index contributed by atoms with van der Waals surface area (Å²) in [5.74, 6) is -1.56. The van der Waals surface area contributed by atoms with E-state index in [9.17, 15) is 17.6 Å². The molecule has 0 radical (unpaired) electrons. The summed E-state index contributed by atoms with van der Waals surface area (Å²) < 4.78 is 41.3. The van der Waals surface area contributed by atoms with Crippen LogP contribution < -0.4 is 11.1 Å². The number of anilines is 2. The topological polar surface area (TPSA) is 98.5 Å². The van der Waals surface area contributed by atoms with Gasteiger partial charge in [-0.25, -0.2) is 12.8 Å². The Bertz CT molecular complexity index is 589. The fourth-order valence-corrected chi connectivity index (χ4v) is 2.54. The van der Waals surface area contributed by atoms with E-state index in [0.717, 1.165) is 6.07 Å². The first-order chi connectivity index (χ1) is 9.27. The van der Waals surface area contributed by atoms with E-state index < -0.39 is 26.8 Å². The number of halogens is 1. The summed E-state index contributed by atoms with van der Waals surface area (Å²) in [6.45, 7) is 1.30. The molecule has 0 aromatic heterocycles. The van der Waals surface area contributed by atoms with Crippen LogP contribution in [0.5, 0.6) is 0 Å². The molecule has 0 saturated carbocycles. The molecule has 1 aromatic rings. The Balaban J connectivity index is 2.77. The molecule has 0 heterocycles. The number of hydrogen-bond acceptors (Lipinski definition) is 5. The minimum atomic E-state index is -3.60. The lowest BCUT2D eigenvalue weighted by Crippen LogP contribution is -2.35. The summed E-state index contributed by atoms with van der Waals surface area (Å²) in [6.07, 6.45) is 0. The molecule has 0 saturated heterocycles. The highest BCUT2D eigenvalue weighted by atomic mass is 32.2. The number of methoxy groups -OCH3 is 1. The van der Waals surface area contributed by atoms with Crippen LogP contribution in [0.4, 0.5) is 15.8 Å². The molecule has 112 valence electrons. The number of nitrogen functional groups attached to an aromatic ring is 1. The molecule has 0 spiro atoms. The molecular weight excluding hydrogens is 287 g/mol. The average molecular weight is 304 g/mol. The van der Waals surface area contributed by atoms with Gasteiger partial charge in [0.2, 0.25) is 5.91 Å². The zero-order valence-electron chi connectivity index (χ0n) is 11.2. The quantitative estimate of drug-likeness (QED) is 0.757. The minimum absolute atomic E-state index is 0.0173. The normalized spacial score (nSPS) is 12.9. The van der Waals surface area contributed by atoms with Crippen LogP contribution in [0.15, 0.2) is 18.2 Å². The van der Waals surface area contributed by atoms with Crippen molar-refractivity contribution in [2.45, 2.75) is 12.2 Å². The van der Waals surface area contributed by atoms with E-state index in [-0.39, 0.29) is 23.7 Å². The van der Waals surface area contributed by atoms with Crippen molar-refractivity contribution in [2.75, 3.05) is 30.5 Å². The summed E-state index contributed by atoms with van der Waals surface area (Å²) >= 11 is 0. The van der Waals surface area contributed by atoms with Crippen LogP contribution in [0.2, 0.25) is 0 Å². The number of ether oxygens (including phenoxy) is 1. The second-order valence-electron chi connectivity index (χ2n) is 4.23. The highest BCUT2D eigenvalue weighted by molar-refractivity contribution is 7.92. The van der Waals surface area contributed by atoms with Crippen LogP contribution in [0.25, 0.3) is 0 Å². The summed E-state index contributed by atoms with van der Waals surface area (Å²) in [5.41, 5.74) is 5.47. The molecule has 8 heteroatoms. The van der Waals surface area contributed by atoms with Gasteiger partial charge < -0.3 is 15.8 Å². The molecule has 0 aliphatic carbocycles. The van der Waals surface area contributed by atoms with Gasteiger partial charge in [-0.15, -0.1) is 0 Å². The Kier molecular flexibility index (Phi) is 5.46. The molecule has 0 fully saturated rings. The molecule has 3 N–H and O–H groups in total. The van der Waals surface area contributed by atoms with Crippen molar-refractivity contribution in [2.24, 2.45) is 0 Å². The summed E-state index contributed by atoms with van der Waals surface area (Å²) in [7, 11) is -2.23. The van der Waals surface area contributed by atoms with Crippen molar-refractivity contribution in [3.05, 3.63) is 24.0 Å². The van der Waals surface area contributed by atoms with Crippen LogP contribution in [0.1, 0.15) is 6.92 Å². The van der Waals surface area contributed by atoms with Gasteiger partial charge >= 0.3 is 0 Å². The highest BCUT2D eigenvalue weighted by Gasteiger charge is 2.27. The number of carbonyl (C=O) groups is 1. The van der Waals surface area contributed by atoms with E-state index in [1.807, 2.05) is 0 Å². The Morgan fingerprint density at radius 1 is 1.50 bits per heavy atom. The zero-order valence-corrected chi connectivity index (χ0v) is 12.0. The van der Waals surface area contributed by atoms with Crippen molar-refractivity contribution >= 4 is 27.1 Å². The maximum Gasteiger partial charge on any atom is 0.242 e. The third-order valence-electron chi connectivity index (χ3n) is 2.74. The van der Waals surface area contributed by atoms with Crippen molar-refractivity contribution in [3.63, 3.8) is 0 Å². The van der Waals surface area contributed by atoms with Crippen LogP contribution in [-0.4, -0.2) is 39.0 Å². The molecule has 1 rings (SSSR count). The molecular formula is C12H17FN2O4S. The fraction of sp³-hybridized carbons (Fsp3) is 0.417. The average Bonchev–Trinajstić information content (AvgIpc) is 2.39. The molecule has 0 bridgehead atoms. The minimum Gasteiger partial charge on any atom is -0.396 e. The lowest BCUT2D eigenvalue weighted by atomic mass is 10.2. The predicted molar refractivity (Wildman–Crippen MR) is 74.6 cm³/mol. The van der Waals surface area contributed by atoms with Gasteiger partial charge in [-0.3, -0.25) is 4.79 Å². The van der Waals surface area contributed by atoms with Gasteiger partial charge in [-0.1, -0.05) is 0 Å². The SMILES string of the molecule is COCCS(=O)(=O)C(C)C(=O)Nc1ccc(F)c(N)c1. The smallest absolute Gasteiger partial charge is 0.242 e. The van der Waals surface area contributed by atoms with Gasteiger partial charge in [0.1, 0.15) is 11.1 Å². The van der Waals surface area contributed by atoms with Crippen molar-refractivity contribution in [1.82, 2.24) is 0 Å². The standard InChI is InChI=1S/C12H17FN2O4S/c1-8(20(17,18)6-5-19-2)12(16)15-9-3-4-10(13)11(14)7-9/h3-4,7-8H,5-6,14H2,1-2H3,(H,15,16). The predicted octanol–water partition coefficient (Wildman–Crippen LogP) is 0.796. The molecule has 0 aliphatic rings. The number of rotatable bonds is 6. The van der Waals surface area contributed by atoms with Gasteiger partial charge in [0.15, 0.2) is 9.84 Å². The second-order valence-corrected chi connectivity index (χ2v) is 6.67. The van der Waals surface area contributed by atoms with Crippen molar-refractivity contribution in [3.8, 4) is 0 Å². The summed E-state index contributed by atoms with van der Waals surface area (Å²) in [6, 6.07) is 3.62. The Morgan fingerprint density at radius 2 is 2.15 bits per heavy atom. The summed E-state index contributed by atoms with van der Waals surface area (Å²) in [4.78, 5) is 11.9. The Labute approximate surface area is 117 Å². The maximum absolute atomic E-state index is 13.0. The van der Waals surface area contributed by atoms with Crippen LogP contribution in [-0.2, 0) is 19.4 Å². The molecule has 1 atom stereocenters. The number of carbonyl (C=O) groups excluding carboxylic acids is 1. The number of benzene rings is 1. The van der Waals surface area contributed by atoms with Gasteiger partial charge in [0, 0.05) is 12.8 Å². The van der Waals surface area contributed by atoms with E-state index >= 15 is 0 Å². The van der Waals surface area contributed by atoms with Gasteiger partial charge in [0.25, 0.3) is 0 Å². The number of sulfone groups is 1. The molecule has 0 aliphatic heterocycles. The largest absolute Gasteiger partial charge is 0.396 e. The van der Waals surface area contributed by atoms with Crippen molar-refractivity contribution < 1.29 is 22.3 Å². The molecule has 6 nitrogen and oxygen atoms in total. The van der Waals surface area contributed by atoms with Crippen LogP contribution in [0.3, 0.4) is 0 Å². The first-order valence-corrected chi connectivity index (χ1v) is 7.56. The third kappa shape index (κ3) is 4.17. The van der Waals surface area contributed by atoms with E-state index in [1.54, 1.807) is 0 Å². The highest BCUT2D eigenvalue weighted by Crippen LogP contribution is 2.17. The van der Waals surface area contributed by atoms with E-state index in [2.05, 4.69) is 10.1 Å². The van der Waals surface area contributed by atoms with Crippen LogP contribution >= 0.6 is 0 Å². The number of nitrogens with two attached hydrogens (primary N) is 1. The van der Waals surface area contributed by atoms with E-state index in [1.165, 1.54) is 26.2 Å². The van der Waals surface area contributed by atoms with Crippen molar-refractivity contribution in [1.29, 1.82) is 0 Å². The third-order valence-corrected chi connectivity index (χ3v) is 4.77. The van der Waals surface area contributed by atoms with E-state index in [0.29, 0.717) is 0 Å². The van der Waals surface area contributed by atoms with Crippen LogP contribution in [0, 0.1) is 5.82 Å². The number of nitrogens with one attached hydrogen (secondary N) is 1. The maximum atomic E-state index is 13.0. The Morgan fingerprint density at radius 3 is 2.70 bits per heavy atom. The number of amides is 1. The molecule has 20 heavy (non-hydrogen) atoms. The molecule has 1 aromatic carbocycles. The Hall–Kier alpha value is -1.67. The lowest BCUT2D eigenvalue weighted by molar-refractivity contribution is -0.115.